The molecule has 0 spiro atoms. The van der Waals surface area contributed by atoms with E-state index in [-0.39, 0.29) is 11.9 Å². The van der Waals surface area contributed by atoms with Crippen LogP contribution < -0.4 is 19.1 Å². The Morgan fingerprint density at radius 1 is 1.03 bits per heavy atom. The summed E-state index contributed by atoms with van der Waals surface area (Å²) in [4.78, 5) is 13.2. The van der Waals surface area contributed by atoms with Gasteiger partial charge in [0.2, 0.25) is 15.9 Å². The molecule has 168 valence electrons. The van der Waals surface area contributed by atoms with Crippen LogP contribution in [0.25, 0.3) is 0 Å². The Labute approximate surface area is 184 Å². The van der Waals surface area contributed by atoms with Gasteiger partial charge in [-0.3, -0.25) is 9.10 Å². The smallest absolute Gasteiger partial charge is 0.244 e. The molecule has 3 rings (SSSR count). The highest BCUT2D eigenvalue weighted by molar-refractivity contribution is 7.92. The zero-order chi connectivity index (χ0) is 22.6. The van der Waals surface area contributed by atoms with Gasteiger partial charge >= 0.3 is 0 Å². The molecule has 0 aromatic heterocycles. The monoisotopic (exact) mass is 446 g/mol. The maximum absolute atomic E-state index is 13.2. The van der Waals surface area contributed by atoms with Crippen LogP contribution in [0.3, 0.4) is 0 Å². The first-order valence-electron chi connectivity index (χ1n) is 10.4. The largest absolute Gasteiger partial charge is 0.486 e. The van der Waals surface area contributed by atoms with Crippen LogP contribution in [0.15, 0.2) is 48.5 Å². The predicted molar refractivity (Wildman–Crippen MR) is 121 cm³/mol. The lowest BCUT2D eigenvalue weighted by Gasteiger charge is -2.31. The standard InChI is InChI=1S/C23H30N2O5S/c1-16(2)14-20(18-8-6-5-7-9-18)24-23(26)17(3)25(31(4,27)28)19-10-11-21-22(15-19)30-13-12-29-21/h5-11,15-17,20H,12-14H2,1-4H3,(H,24,26). The van der Waals surface area contributed by atoms with Crippen LogP contribution in [0.5, 0.6) is 11.5 Å². The van der Waals surface area contributed by atoms with Gasteiger partial charge < -0.3 is 14.8 Å². The third kappa shape index (κ3) is 5.70. The Balaban J connectivity index is 1.87. The molecule has 0 radical (unpaired) electrons. The number of anilines is 1. The van der Waals surface area contributed by atoms with Gasteiger partial charge in [0, 0.05) is 6.07 Å². The summed E-state index contributed by atoms with van der Waals surface area (Å²) < 4.78 is 37.5. The van der Waals surface area contributed by atoms with E-state index in [1.807, 2.05) is 30.3 Å². The summed E-state index contributed by atoms with van der Waals surface area (Å²) in [5, 5.41) is 3.05. The lowest BCUT2D eigenvalue weighted by molar-refractivity contribution is -0.122. The average molecular weight is 447 g/mol. The Morgan fingerprint density at radius 2 is 1.68 bits per heavy atom. The molecule has 2 unspecified atom stereocenters. The Kier molecular flexibility index (Phi) is 7.10. The molecule has 0 aliphatic carbocycles. The van der Waals surface area contributed by atoms with Crippen molar-refractivity contribution in [3.63, 3.8) is 0 Å². The second kappa shape index (κ2) is 9.60. The van der Waals surface area contributed by atoms with Gasteiger partial charge in [0.05, 0.1) is 18.0 Å². The number of hydrogen-bond donors (Lipinski definition) is 1. The van der Waals surface area contributed by atoms with Gasteiger partial charge in [0.15, 0.2) is 11.5 Å². The fourth-order valence-corrected chi connectivity index (χ4v) is 4.87. The molecule has 2 atom stereocenters. The van der Waals surface area contributed by atoms with Crippen molar-refractivity contribution < 1.29 is 22.7 Å². The van der Waals surface area contributed by atoms with Crippen molar-refractivity contribution in [3.8, 4) is 11.5 Å². The number of rotatable bonds is 8. The number of carbonyl (C=O) groups excluding carboxylic acids is 1. The van der Waals surface area contributed by atoms with Crippen molar-refractivity contribution in [2.75, 3.05) is 23.8 Å². The molecule has 1 aliphatic rings. The van der Waals surface area contributed by atoms with Gasteiger partial charge in [-0.15, -0.1) is 0 Å². The number of sulfonamides is 1. The van der Waals surface area contributed by atoms with E-state index in [0.29, 0.717) is 36.3 Å². The zero-order valence-corrected chi connectivity index (χ0v) is 19.2. The molecule has 8 heteroatoms. The van der Waals surface area contributed by atoms with Crippen LogP contribution in [0.2, 0.25) is 0 Å². The van der Waals surface area contributed by atoms with Gasteiger partial charge in [-0.25, -0.2) is 8.42 Å². The second-order valence-electron chi connectivity index (χ2n) is 8.16. The van der Waals surface area contributed by atoms with E-state index in [9.17, 15) is 13.2 Å². The molecule has 1 amide bonds. The van der Waals surface area contributed by atoms with Crippen molar-refractivity contribution in [2.24, 2.45) is 5.92 Å². The first-order valence-corrected chi connectivity index (χ1v) is 12.3. The number of amides is 1. The highest BCUT2D eigenvalue weighted by Crippen LogP contribution is 2.35. The van der Waals surface area contributed by atoms with E-state index in [2.05, 4.69) is 19.2 Å². The highest BCUT2D eigenvalue weighted by Gasteiger charge is 2.31. The molecule has 1 heterocycles. The van der Waals surface area contributed by atoms with Crippen molar-refractivity contribution in [1.29, 1.82) is 0 Å². The van der Waals surface area contributed by atoms with E-state index in [4.69, 9.17) is 9.47 Å². The minimum absolute atomic E-state index is 0.210. The summed E-state index contributed by atoms with van der Waals surface area (Å²) in [7, 11) is -3.74. The number of hydrogen-bond acceptors (Lipinski definition) is 5. The molecular weight excluding hydrogens is 416 g/mol. The molecule has 0 fully saturated rings. The van der Waals surface area contributed by atoms with Crippen molar-refractivity contribution in [1.82, 2.24) is 5.32 Å². The van der Waals surface area contributed by atoms with Crippen molar-refractivity contribution in [3.05, 3.63) is 54.1 Å². The van der Waals surface area contributed by atoms with Gasteiger partial charge in [-0.2, -0.15) is 0 Å². The van der Waals surface area contributed by atoms with Gasteiger partial charge in [0.1, 0.15) is 19.3 Å². The first kappa shape index (κ1) is 22.9. The Morgan fingerprint density at radius 3 is 2.29 bits per heavy atom. The van der Waals surface area contributed by atoms with E-state index in [1.165, 1.54) is 0 Å². The van der Waals surface area contributed by atoms with Crippen LogP contribution >= 0.6 is 0 Å². The van der Waals surface area contributed by atoms with E-state index in [1.54, 1.807) is 25.1 Å². The lowest BCUT2D eigenvalue weighted by atomic mass is 9.96. The van der Waals surface area contributed by atoms with Crippen molar-refractivity contribution >= 4 is 21.6 Å². The summed E-state index contributed by atoms with van der Waals surface area (Å²) in [6, 6.07) is 13.4. The van der Waals surface area contributed by atoms with Crippen LogP contribution in [-0.4, -0.2) is 39.8 Å². The number of nitrogens with one attached hydrogen (secondary N) is 1. The molecule has 1 aliphatic heterocycles. The molecule has 31 heavy (non-hydrogen) atoms. The van der Waals surface area contributed by atoms with E-state index >= 15 is 0 Å². The summed E-state index contributed by atoms with van der Waals surface area (Å²) >= 11 is 0. The third-order valence-electron chi connectivity index (χ3n) is 5.09. The number of nitrogens with zero attached hydrogens (tertiary/aromatic N) is 1. The SMILES string of the molecule is CC(C)CC(NC(=O)C(C)N(c1ccc2c(c1)OCCO2)S(C)(=O)=O)c1ccccc1. The van der Waals surface area contributed by atoms with Crippen molar-refractivity contribution in [2.45, 2.75) is 39.3 Å². The molecule has 2 aromatic rings. The average Bonchev–Trinajstić information content (AvgIpc) is 2.72. The topological polar surface area (TPSA) is 84.9 Å². The fraction of sp³-hybridized carbons (Fsp3) is 0.435. The van der Waals surface area contributed by atoms with Crippen LogP contribution in [0.1, 0.15) is 38.8 Å². The predicted octanol–water partition coefficient (Wildman–Crippen LogP) is 3.52. The van der Waals surface area contributed by atoms with E-state index in [0.717, 1.165) is 22.5 Å². The Hall–Kier alpha value is -2.74. The molecular formula is C23H30N2O5S. The number of fused-ring (bicyclic) bond motifs is 1. The molecule has 7 nitrogen and oxygen atoms in total. The minimum atomic E-state index is -3.74. The quantitative estimate of drug-likeness (QED) is 0.671. The first-order chi connectivity index (χ1) is 14.7. The van der Waals surface area contributed by atoms with Gasteiger partial charge in [0.25, 0.3) is 0 Å². The molecule has 1 N–H and O–H groups in total. The zero-order valence-electron chi connectivity index (χ0n) is 18.4. The Bertz CT molecular complexity index is 1010. The highest BCUT2D eigenvalue weighted by atomic mass is 32.2. The molecule has 2 aromatic carbocycles. The fourth-order valence-electron chi connectivity index (χ4n) is 3.71. The number of benzene rings is 2. The number of carbonyl (C=O) groups is 1. The van der Waals surface area contributed by atoms with Gasteiger partial charge in [-0.05, 0) is 37.0 Å². The maximum Gasteiger partial charge on any atom is 0.244 e. The maximum atomic E-state index is 13.2. The summed E-state index contributed by atoms with van der Waals surface area (Å²) in [6.45, 7) is 6.59. The second-order valence-corrected chi connectivity index (χ2v) is 10.0. The third-order valence-corrected chi connectivity index (χ3v) is 6.34. The van der Waals surface area contributed by atoms with Crippen LogP contribution in [-0.2, 0) is 14.8 Å². The normalized spacial score (nSPS) is 15.3. The van der Waals surface area contributed by atoms with Gasteiger partial charge in [-0.1, -0.05) is 44.2 Å². The van der Waals surface area contributed by atoms with E-state index < -0.39 is 16.1 Å². The van der Waals surface area contributed by atoms with Crippen LogP contribution in [0.4, 0.5) is 5.69 Å². The molecule has 0 bridgehead atoms. The molecule has 0 saturated heterocycles. The molecule has 0 saturated carbocycles. The number of ether oxygens (including phenoxy) is 2. The summed E-state index contributed by atoms with van der Waals surface area (Å²) in [6.07, 6.45) is 1.84. The summed E-state index contributed by atoms with van der Waals surface area (Å²) in [5.74, 6) is 1.01. The lowest BCUT2D eigenvalue weighted by Crippen LogP contribution is -2.48. The van der Waals surface area contributed by atoms with Crippen LogP contribution in [0, 0.1) is 5.92 Å². The summed E-state index contributed by atoms with van der Waals surface area (Å²) in [5.41, 5.74) is 1.34. The minimum Gasteiger partial charge on any atom is -0.486 e.